The van der Waals surface area contributed by atoms with Crippen LogP contribution in [-0.2, 0) is 24.4 Å². The highest BCUT2D eigenvalue weighted by molar-refractivity contribution is 8.18. The van der Waals surface area contributed by atoms with Gasteiger partial charge in [-0.15, -0.1) is 0 Å². The molecular weight excluding hydrogens is 541 g/mol. The number of hydrogen-bond acceptors (Lipinski definition) is 9. The molecule has 35 heavy (non-hydrogen) atoms. The van der Waals surface area contributed by atoms with Crippen molar-refractivity contribution in [1.82, 2.24) is 4.90 Å². The zero-order chi connectivity index (χ0) is 25.8. The highest BCUT2D eigenvalue weighted by Crippen LogP contribution is 2.40. The SMILES string of the molecule is CCOC(=O)CN1C(=O)S/C(=C\c2cc(Cl)c(OS(=O)(=O)c3ccc(Cl)cc3)c(OCC)c2)C1=O. The van der Waals surface area contributed by atoms with Crippen molar-refractivity contribution in [3.05, 3.63) is 56.9 Å². The molecule has 3 rings (SSSR count). The highest BCUT2D eigenvalue weighted by atomic mass is 35.5. The van der Waals surface area contributed by atoms with Crippen molar-refractivity contribution in [2.45, 2.75) is 18.7 Å². The lowest BCUT2D eigenvalue weighted by Crippen LogP contribution is -2.34. The van der Waals surface area contributed by atoms with Crippen LogP contribution in [0.15, 0.2) is 46.2 Å². The minimum atomic E-state index is -4.26. The van der Waals surface area contributed by atoms with Crippen molar-refractivity contribution in [1.29, 1.82) is 0 Å². The molecule has 1 fully saturated rings. The Labute approximate surface area is 216 Å². The first-order valence-electron chi connectivity index (χ1n) is 10.1. The number of ether oxygens (including phenoxy) is 2. The molecule has 0 unspecified atom stereocenters. The number of carbonyl (C=O) groups is 3. The van der Waals surface area contributed by atoms with E-state index in [9.17, 15) is 22.8 Å². The van der Waals surface area contributed by atoms with E-state index in [0.29, 0.717) is 22.3 Å². The monoisotopic (exact) mass is 559 g/mol. The van der Waals surface area contributed by atoms with Crippen molar-refractivity contribution in [2.24, 2.45) is 0 Å². The average molecular weight is 560 g/mol. The molecule has 0 spiro atoms. The topological polar surface area (TPSA) is 116 Å². The third-order valence-corrected chi connectivity index (χ3v) is 7.07. The van der Waals surface area contributed by atoms with Gasteiger partial charge in [0.15, 0.2) is 5.75 Å². The molecule has 0 bridgehead atoms. The molecule has 0 aliphatic carbocycles. The molecule has 0 atom stereocenters. The molecule has 0 radical (unpaired) electrons. The van der Waals surface area contributed by atoms with Gasteiger partial charge < -0.3 is 13.7 Å². The maximum atomic E-state index is 12.7. The molecule has 2 aromatic rings. The zero-order valence-corrected chi connectivity index (χ0v) is 21.6. The Bertz CT molecular complexity index is 1290. The van der Waals surface area contributed by atoms with Gasteiger partial charge in [-0.3, -0.25) is 19.3 Å². The summed E-state index contributed by atoms with van der Waals surface area (Å²) in [6, 6.07) is 8.15. The van der Waals surface area contributed by atoms with Gasteiger partial charge in [0.25, 0.3) is 11.1 Å². The van der Waals surface area contributed by atoms with Gasteiger partial charge in [0.1, 0.15) is 11.4 Å². The second kappa shape index (κ2) is 11.3. The molecule has 0 N–H and O–H groups in total. The van der Waals surface area contributed by atoms with E-state index in [1.165, 1.54) is 42.5 Å². The van der Waals surface area contributed by atoms with Gasteiger partial charge in [-0.05, 0) is 73.6 Å². The molecule has 1 aliphatic heterocycles. The third-order valence-electron chi connectivity index (χ3n) is 4.39. The van der Waals surface area contributed by atoms with Gasteiger partial charge in [-0.1, -0.05) is 23.2 Å². The van der Waals surface area contributed by atoms with E-state index in [2.05, 4.69) is 0 Å². The molecule has 2 amide bonds. The Morgan fingerprint density at radius 1 is 1.09 bits per heavy atom. The van der Waals surface area contributed by atoms with Crippen molar-refractivity contribution in [2.75, 3.05) is 19.8 Å². The Morgan fingerprint density at radius 2 is 1.77 bits per heavy atom. The summed E-state index contributed by atoms with van der Waals surface area (Å²) in [6.45, 7) is 3.06. The van der Waals surface area contributed by atoms with Crippen molar-refractivity contribution < 1.29 is 36.5 Å². The van der Waals surface area contributed by atoms with Crippen LogP contribution in [0.1, 0.15) is 19.4 Å². The van der Waals surface area contributed by atoms with Crippen LogP contribution in [0.3, 0.4) is 0 Å². The summed E-state index contributed by atoms with van der Waals surface area (Å²) in [5, 5.41) is -0.377. The normalized spacial score (nSPS) is 15.0. The molecule has 186 valence electrons. The number of esters is 1. The second-order valence-corrected chi connectivity index (χ2v) is 10.2. The van der Waals surface area contributed by atoms with Crippen LogP contribution in [0.2, 0.25) is 10.0 Å². The number of halogens is 2. The summed E-state index contributed by atoms with van der Waals surface area (Å²) >= 11 is 12.8. The fraction of sp³-hybridized carbons (Fsp3) is 0.227. The number of hydrogen-bond donors (Lipinski definition) is 0. The summed E-state index contributed by atoms with van der Waals surface area (Å²) in [5.41, 5.74) is 0.344. The molecule has 13 heteroatoms. The van der Waals surface area contributed by atoms with Crippen LogP contribution >= 0.6 is 35.0 Å². The first-order valence-corrected chi connectivity index (χ1v) is 13.1. The quantitative estimate of drug-likeness (QED) is 0.243. The number of rotatable bonds is 9. The Morgan fingerprint density at radius 3 is 2.40 bits per heavy atom. The van der Waals surface area contributed by atoms with Crippen molar-refractivity contribution in [3.63, 3.8) is 0 Å². The van der Waals surface area contributed by atoms with Gasteiger partial charge >= 0.3 is 16.1 Å². The number of thioether (sulfide) groups is 1. The smallest absolute Gasteiger partial charge is 0.339 e. The van der Waals surface area contributed by atoms with Crippen molar-refractivity contribution >= 4 is 68.3 Å². The number of amides is 2. The maximum Gasteiger partial charge on any atom is 0.339 e. The zero-order valence-electron chi connectivity index (χ0n) is 18.4. The predicted molar refractivity (Wildman–Crippen MR) is 131 cm³/mol. The molecule has 0 aromatic heterocycles. The van der Waals surface area contributed by atoms with Gasteiger partial charge in [-0.25, -0.2) is 0 Å². The third kappa shape index (κ3) is 6.49. The maximum absolute atomic E-state index is 12.7. The standard InChI is InChI=1S/C22H19Cl2NO8S2/c1-3-31-17-10-13(11-18-21(27)25(22(28)34-18)12-19(26)32-4-2)9-16(24)20(17)33-35(29,30)15-7-5-14(23)6-8-15/h5-11H,3-4,12H2,1-2H3/b18-11-. The number of nitrogens with zero attached hydrogens (tertiary/aromatic N) is 1. The first-order chi connectivity index (χ1) is 16.6. The molecule has 1 saturated heterocycles. The lowest BCUT2D eigenvalue weighted by atomic mass is 10.2. The fourth-order valence-corrected chi connectivity index (χ4v) is 5.12. The van der Waals surface area contributed by atoms with Crippen LogP contribution in [0, 0.1) is 0 Å². The van der Waals surface area contributed by atoms with E-state index in [1.807, 2.05) is 0 Å². The Balaban J connectivity index is 1.91. The molecule has 1 aliphatic rings. The van der Waals surface area contributed by atoms with Crippen LogP contribution in [0.4, 0.5) is 4.79 Å². The Hall–Kier alpha value is -2.73. The summed E-state index contributed by atoms with van der Waals surface area (Å²) < 4.78 is 41.0. The molecule has 2 aromatic carbocycles. The Kier molecular flexibility index (Phi) is 8.70. The van der Waals surface area contributed by atoms with Gasteiger partial charge in [0, 0.05) is 5.02 Å². The molecule has 9 nitrogen and oxygen atoms in total. The lowest BCUT2D eigenvalue weighted by molar-refractivity contribution is -0.145. The van der Waals surface area contributed by atoms with E-state index in [1.54, 1.807) is 13.8 Å². The largest absolute Gasteiger partial charge is 0.490 e. The summed E-state index contributed by atoms with van der Waals surface area (Å²) in [6.07, 6.45) is 1.38. The van der Waals surface area contributed by atoms with Crippen molar-refractivity contribution in [3.8, 4) is 11.5 Å². The summed E-state index contributed by atoms with van der Waals surface area (Å²) in [7, 11) is -4.26. The van der Waals surface area contributed by atoms with E-state index in [4.69, 9.17) is 36.9 Å². The summed E-state index contributed by atoms with van der Waals surface area (Å²) in [5.74, 6) is -1.61. The minimum Gasteiger partial charge on any atom is -0.490 e. The number of carbonyl (C=O) groups excluding carboxylic acids is 3. The molecule has 0 saturated carbocycles. The van der Waals surface area contributed by atoms with E-state index >= 15 is 0 Å². The van der Waals surface area contributed by atoms with Crippen LogP contribution in [-0.4, -0.2) is 50.2 Å². The van der Waals surface area contributed by atoms with Gasteiger partial charge in [0.05, 0.1) is 23.1 Å². The fourth-order valence-electron chi connectivity index (χ4n) is 2.90. The lowest BCUT2D eigenvalue weighted by Gasteiger charge is -2.14. The molecular formula is C22H19Cl2NO8S2. The van der Waals surface area contributed by atoms with Crippen LogP contribution < -0.4 is 8.92 Å². The number of imide groups is 1. The van der Waals surface area contributed by atoms with Gasteiger partial charge in [0.2, 0.25) is 5.75 Å². The number of benzene rings is 2. The summed E-state index contributed by atoms with van der Waals surface area (Å²) in [4.78, 5) is 37.2. The van der Waals surface area contributed by atoms with Crippen LogP contribution in [0.5, 0.6) is 11.5 Å². The van der Waals surface area contributed by atoms with E-state index in [-0.39, 0.29) is 39.5 Å². The highest BCUT2D eigenvalue weighted by Gasteiger charge is 2.36. The van der Waals surface area contributed by atoms with E-state index in [0.717, 1.165) is 4.90 Å². The van der Waals surface area contributed by atoms with E-state index < -0.39 is 33.8 Å². The minimum absolute atomic E-state index is 0.00883. The average Bonchev–Trinajstić information content (AvgIpc) is 3.04. The van der Waals surface area contributed by atoms with Gasteiger partial charge in [-0.2, -0.15) is 8.42 Å². The molecule has 1 heterocycles. The first kappa shape index (κ1) is 26.9. The predicted octanol–water partition coefficient (Wildman–Crippen LogP) is 4.76. The van der Waals surface area contributed by atoms with Crippen LogP contribution in [0.25, 0.3) is 6.08 Å². The second-order valence-electron chi connectivity index (χ2n) is 6.83.